The summed E-state index contributed by atoms with van der Waals surface area (Å²) in [5.74, 6) is -0.0304. The lowest BCUT2D eigenvalue weighted by Crippen LogP contribution is -2.13. The van der Waals surface area contributed by atoms with Crippen molar-refractivity contribution in [3.8, 4) is 11.4 Å². The van der Waals surface area contributed by atoms with Crippen molar-refractivity contribution < 1.29 is 19.1 Å². The molecular formula is C21H19N3O4. The first-order chi connectivity index (χ1) is 13.5. The van der Waals surface area contributed by atoms with Gasteiger partial charge in [0.1, 0.15) is 5.75 Å². The Kier molecular flexibility index (Phi) is 5.64. The molecule has 0 radical (unpaired) electrons. The van der Waals surface area contributed by atoms with Crippen LogP contribution < -0.4 is 10.1 Å². The zero-order valence-electron chi connectivity index (χ0n) is 15.5. The van der Waals surface area contributed by atoms with E-state index in [1.807, 2.05) is 31.2 Å². The lowest BCUT2D eigenvalue weighted by molar-refractivity contribution is -0.129. The van der Waals surface area contributed by atoms with Gasteiger partial charge in [0.15, 0.2) is 12.1 Å². The number of nitrogens with zero attached hydrogens (tertiary/aromatic N) is 2. The summed E-state index contributed by atoms with van der Waals surface area (Å²) in [6.07, 6.45) is 1.87. The van der Waals surface area contributed by atoms with Gasteiger partial charge >= 0.3 is 0 Å². The Morgan fingerprint density at radius 1 is 1.11 bits per heavy atom. The number of carbonyl (C=O) groups excluding carboxylic acids is 3. The van der Waals surface area contributed by atoms with Crippen LogP contribution in [0.5, 0.6) is 5.75 Å². The van der Waals surface area contributed by atoms with Gasteiger partial charge in [0.25, 0.3) is 5.91 Å². The number of hydrogen-bond donors (Lipinski definition) is 1. The van der Waals surface area contributed by atoms with Gasteiger partial charge in [-0.05, 0) is 48.9 Å². The fourth-order valence-corrected chi connectivity index (χ4v) is 2.76. The van der Waals surface area contributed by atoms with Crippen LogP contribution in [0, 0.1) is 6.92 Å². The predicted molar refractivity (Wildman–Crippen MR) is 104 cm³/mol. The average Bonchev–Trinajstić information content (AvgIpc) is 3.11. The first kappa shape index (κ1) is 19.0. The summed E-state index contributed by atoms with van der Waals surface area (Å²) >= 11 is 0. The standard InChI is InChI=1S/C21H19N3O4/c1-14-20(12-22-24(14)17-7-9-19(28-2)10-8-17)21(27)23-16-5-3-15(4-6-16)11-18(26)13-25/h3-10,12-13H,11H2,1-2H3,(H,23,27). The summed E-state index contributed by atoms with van der Waals surface area (Å²) in [5.41, 5.74) is 3.27. The lowest BCUT2D eigenvalue weighted by atomic mass is 10.1. The van der Waals surface area contributed by atoms with Gasteiger partial charge in [-0.2, -0.15) is 5.10 Å². The van der Waals surface area contributed by atoms with Crippen LogP contribution in [-0.2, 0) is 16.0 Å². The third-order valence-electron chi connectivity index (χ3n) is 4.29. The number of ether oxygens (including phenoxy) is 1. The molecule has 0 fully saturated rings. The molecule has 0 aliphatic heterocycles. The molecule has 1 N–H and O–H groups in total. The monoisotopic (exact) mass is 377 g/mol. The number of nitrogens with one attached hydrogen (secondary N) is 1. The van der Waals surface area contributed by atoms with Crippen LogP contribution in [0.25, 0.3) is 5.69 Å². The Morgan fingerprint density at radius 2 is 1.79 bits per heavy atom. The predicted octanol–water partition coefficient (Wildman–Crippen LogP) is 2.75. The number of hydrogen-bond acceptors (Lipinski definition) is 5. The molecule has 0 spiro atoms. The van der Waals surface area contributed by atoms with E-state index in [9.17, 15) is 14.4 Å². The van der Waals surface area contributed by atoms with Gasteiger partial charge in [-0.1, -0.05) is 12.1 Å². The minimum absolute atomic E-state index is 0.0471. The second-order valence-corrected chi connectivity index (χ2v) is 6.17. The molecule has 0 unspecified atom stereocenters. The first-order valence-electron chi connectivity index (χ1n) is 8.59. The number of amides is 1. The summed E-state index contributed by atoms with van der Waals surface area (Å²) in [6.45, 7) is 1.82. The quantitative estimate of drug-likeness (QED) is 0.505. The molecule has 1 heterocycles. The third-order valence-corrected chi connectivity index (χ3v) is 4.29. The van der Waals surface area contributed by atoms with Crippen LogP contribution >= 0.6 is 0 Å². The summed E-state index contributed by atoms with van der Waals surface area (Å²) in [7, 11) is 1.60. The smallest absolute Gasteiger partial charge is 0.259 e. The van der Waals surface area contributed by atoms with E-state index >= 15 is 0 Å². The number of carbonyl (C=O) groups is 3. The molecule has 1 amide bonds. The van der Waals surface area contributed by atoms with E-state index in [0.717, 1.165) is 11.4 Å². The number of benzene rings is 2. The molecule has 0 saturated heterocycles. The second kappa shape index (κ2) is 8.30. The van der Waals surface area contributed by atoms with E-state index in [4.69, 9.17) is 4.74 Å². The Balaban J connectivity index is 1.73. The van der Waals surface area contributed by atoms with Gasteiger partial charge in [-0.3, -0.25) is 14.4 Å². The number of anilines is 1. The molecule has 0 bridgehead atoms. The maximum atomic E-state index is 12.6. The zero-order chi connectivity index (χ0) is 20.1. The van der Waals surface area contributed by atoms with Gasteiger partial charge in [-0.25, -0.2) is 4.68 Å². The molecule has 7 heteroatoms. The molecule has 0 saturated carbocycles. The molecule has 3 aromatic rings. The van der Waals surface area contributed by atoms with Crippen LogP contribution in [0.2, 0.25) is 0 Å². The zero-order valence-corrected chi connectivity index (χ0v) is 15.5. The first-order valence-corrected chi connectivity index (χ1v) is 8.59. The molecule has 0 atom stereocenters. The maximum absolute atomic E-state index is 12.6. The summed E-state index contributed by atoms with van der Waals surface area (Å²) in [5, 5.41) is 7.11. The number of Topliss-reactive ketones (excluding diaryl/α,β-unsaturated/α-hetero) is 1. The van der Waals surface area contributed by atoms with E-state index in [0.29, 0.717) is 28.8 Å². The van der Waals surface area contributed by atoms with Crippen molar-refractivity contribution in [3.63, 3.8) is 0 Å². The number of methoxy groups -OCH3 is 1. The lowest BCUT2D eigenvalue weighted by Gasteiger charge is -2.08. The van der Waals surface area contributed by atoms with Gasteiger partial charge in [0, 0.05) is 12.1 Å². The van der Waals surface area contributed by atoms with Gasteiger partial charge in [0.05, 0.1) is 30.3 Å². The molecule has 142 valence electrons. The normalized spacial score (nSPS) is 10.4. The molecule has 2 aromatic carbocycles. The van der Waals surface area contributed by atoms with Crippen molar-refractivity contribution in [1.82, 2.24) is 9.78 Å². The molecule has 3 rings (SSSR count). The molecule has 0 aliphatic carbocycles. The highest BCUT2D eigenvalue weighted by Gasteiger charge is 2.15. The Labute approximate surface area is 161 Å². The number of ketones is 1. The highest BCUT2D eigenvalue weighted by atomic mass is 16.5. The Bertz CT molecular complexity index is 1010. The van der Waals surface area contributed by atoms with Crippen LogP contribution in [-0.4, -0.2) is 34.9 Å². The SMILES string of the molecule is COc1ccc(-n2ncc(C(=O)Nc3ccc(CC(=O)C=O)cc3)c2C)cc1. The van der Waals surface area contributed by atoms with Gasteiger partial charge < -0.3 is 10.1 Å². The van der Waals surface area contributed by atoms with E-state index in [-0.39, 0.29) is 12.3 Å². The Hall–Kier alpha value is -3.74. The van der Waals surface area contributed by atoms with Crippen LogP contribution in [0.15, 0.2) is 54.7 Å². The van der Waals surface area contributed by atoms with Crippen molar-refractivity contribution in [2.45, 2.75) is 13.3 Å². The van der Waals surface area contributed by atoms with Crippen molar-refractivity contribution in [2.24, 2.45) is 0 Å². The minimum Gasteiger partial charge on any atom is -0.497 e. The van der Waals surface area contributed by atoms with Crippen LogP contribution in [0.4, 0.5) is 5.69 Å². The van der Waals surface area contributed by atoms with Gasteiger partial charge in [0.2, 0.25) is 0 Å². The van der Waals surface area contributed by atoms with E-state index in [1.54, 1.807) is 36.1 Å². The fourth-order valence-electron chi connectivity index (χ4n) is 2.76. The number of rotatable bonds is 7. The van der Waals surface area contributed by atoms with Crippen molar-refractivity contribution >= 4 is 23.7 Å². The fraction of sp³-hybridized carbons (Fsp3) is 0.143. The molecule has 0 aliphatic rings. The van der Waals surface area contributed by atoms with Crippen molar-refractivity contribution in [3.05, 3.63) is 71.5 Å². The molecule has 28 heavy (non-hydrogen) atoms. The number of aromatic nitrogens is 2. The second-order valence-electron chi connectivity index (χ2n) is 6.17. The van der Waals surface area contributed by atoms with Crippen molar-refractivity contribution in [2.75, 3.05) is 12.4 Å². The summed E-state index contributed by atoms with van der Waals surface area (Å²) in [4.78, 5) is 34.2. The van der Waals surface area contributed by atoms with Crippen LogP contribution in [0.1, 0.15) is 21.6 Å². The summed E-state index contributed by atoms with van der Waals surface area (Å²) < 4.78 is 6.83. The van der Waals surface area contributed by atoms with E-state index < -0.39 is 5.78 Å². The Morgan fingerprint density at radius 3 is 2.39 bits per heavy atom. The summed E-state index contributed by atoms with van der Waals surface area (Å²) in [6, 6.07) is 14.2. The largest absolute Gasteiger partial charge is 0.497 e. The van der Waals surface area contributed by atoms with E-state index in [1.165, 1.54) is 6.20 Å². The van der Waals surface area contributed by atoms with Crippen molar-refractivity contribution in [1.29, 1.82) is 0 Å². The van der Waals surface area contributed by atoms with Gasteiger partial charge in [-0.15, -0.1) is 0 Å². The van der Waals surface area contributed by atoms with Crippen LogP contribution in [0.3, 0.4) is 0 Å². The number of aldehydes is 1. The average molecular weight is 377 g/mol. The molecular weight excluding hydrogens is 358 g/mol. The molecule has 7 nitrogen and oxygen atoms in total. The minimum atomic E-state index is -0.488. The van der Waals surface area contributed by atoms with E-state index in [2.05, 4.69) is 10.4 Å². The third kappa shape index (κ3) is 4.15. The highest BCUT2D eigenvalue weighted by molar-refractivity contribution is 6.25. The highest BCUT2D eigenvalue weighted by Crippen LogP contribution is 2.19. The maximum Gasteiger partial charge on any atom is 0.259 e. The molecule has 1 aromatic heterocycles. The topological polar surface area (TPSA) is 90.3 Å².